The number of carbonyl (C=O) groups excluding carboxylic acids is 1. The molecule has 3 rings (SSSR count). The zero-order valence-corrected chi connectivity index (χ0v) is 13.6. The lowest BCUT2D eigenvalue weighted by Crippen LogP contribution is -2.14. The highest BCUT2D eigenvalue weighted by Gasteiger charge is 2.11. The summed E-state index contributed by atoms with van der Waals surface area (Å²) >= 11 is 7.00. The van der Waals surface area contributed by atoms with E-state index in [-0.39, 0.29) is 17.3 Å². The monoisotopic (exact) mass is 363 g/mol. The molecule has 0 spiro atoms. The summed E-state index contributed by atoms with van der Waals surface area (Å²) in [5.74, 6) is -0.260. The van der Waals surface area contributed by atoms with Crippen molar-refractivity contribution in [2.75, 3.05) is 11.1 Å². The number of fused-ring (bicyclic) bond motifs is 1. The number of nitrogens with zero attached hydrogens (tertiary/aromatic N) is 2. The van der Waals surface area contributed by atoms with E-state index >= 15 is 0 Å². The molecule has 0 saturated carbocycles. The van der Waals surface area contributed by atoms with E-state index in [1.165, 1.54) is 18.2 Å². The first-order chi connectivity index (χ1) is 11.5. The average Bonchev–Trinajstić information content (AvgIpc) is 2.95. The van der Waals surface area contributed by atoms with Gasteiger partial charge in [0.05, 0.1) is 10.7 Å². The van der Waals surface area contributed by atoms with Gasteiger partial charge in [-0.3, -0.25) is 14.9 Å². The molecule has 0 radical (unpaired) electrons. The largest absolute Gasteiger partial charge is 0.431 e. The summed E-state index contributed by atoms with van der Waals surface area (Å²) in [5, 5.41) is 14.2. The highest BCUT2D eigenvalue weighted by atomic mass is 35.5. The van der Waals surface area contributed by atoms with E-state index < -0.39 is 4.92 Å². The third kappa shape index (κ3) is 3.84. The van der Waals surface area contributed by atoms with Crippen molar-refractivity contribution in [1.29, 1.82) is 0 Å². The van der Waals surface area contributed by atoms with Crippen molar-refractivity contribution in [3.63, 3.8) is 0 Å². The van der Waals surface area contributed by atoms with Gasteiger partial charge in [0.15, 0.2) is 5.58 Å². The lowest BCUT2D eigenvalue weighted by Gasteiger charge is -2.03. The molecule has 1 amide bonds. The summed E-state index contributed by atoms with van der Waals surface area (Å²) in [6.45, 7) is 0. The molecule has 24 heavy (non-hydrogen) atoms. The Labute approximate surface area is 145 Å². The molecule has 0 saturated heterocycles. The van der Waals surface area contributed by atoms with Crippen LogP contribution in [0.15, 0.2) is 52.1 Å². The molecule has 0 aliphatic carbocycles. The Morgan fingerprint density at radius 1 is 1.33 bits per heavy atom. The molecular formula is C15H10ClN3O4S. The van der Waals surface area contributed by atoms with E-state index in [0.717, 1.165) is 11.8 Å². The molecule has 0 fully saturated rings. The van der Waals surface area contributed by atoms with Crippen molar-refractivity contribution in [2.45, 2.75) is 5.22 Å². The van der Waals surface area contributed by atoms with Gasteiger partial charge in [-0.1, -0.05) is 29.4 Å². The van der Waals surface area contributed by atoms with Crippen molar-refractivity contribution >= 4 is 51.7 Å². The normalized spacial score (nSPS) is 10.7. The van der Waals surface area contributed by atoms with Crippen LogP contribution in [-0.4, -0.2) is 21.6 Å². The highest BCUT2D eigenvalue weighted by Crippen LogP contribution is 2.26. The Morgan fingerprint density at radius 2 is 2.17 bits per heavy atom. The van der Waals surface area contributed by atoms with Gasteiger partial charge in [0.2, 0.25) is 5.91 Å². The van der Waals surface area contributed by atoms with Crippen LogP contribution in [0.4, 0.5) is 11.4 Å². The fourth-order valence-corrected chi connectivity index (χ4v) is 2.76. The van der Waals surface area contributed by atoms with Crippen LogP contribution in [0.1, 0.15) is 0 Å². The number of halogens is 1. The molecule has 1 N–H and O–H groups in total. The van der Waals surface area contributed by atoms with E-state index in [2.05, 4.69) is 10.3 Å². The molecule has 7 nitrogen and oxygen atoms in total. The number of aromatic nitrogens is 1. The van der Waals surface area contributed by atoms with Crippen LogP contribution in [-0.2, 0) is 4.79 Å². The maximum absolute atomic E-state index is 11.9. The molecule has 0 atom stereocenters. The molecule has 1 aromatic heterocycles. The minimum atomic E-state index is -0.520. The number of benzene rings is 2. The van der Waals surface area contributed by atoms with Gasteiger partial charge in [0.25, 0.3) is 10.9 Å². The summed E-state index contributed by atoms with van der Waals surface area (Å²) < 4.78 is 5.50. The van der Waals surface area contributed by atoms with Crippen LogP contribution < -0.4 is 5.32 Å². The molecule has 9 heteroatoms. The SMILES string of the molecule is O=C(CSc1nc2ccc(Cl)cc2o1)Nc1cccc([N+](=O)[O-])c1. The predicted octanol–water partition coefficient (Wildman–Crippen LogP) is 4.12. The van der Waals surface area contributed by atoms with Gasteiger partial charge in [0, 0.05) is 28.9 Å². The summed E-state index contributed by atoms with van der Waals surface area (Å²) in [7, 11) is 0. The number of non-ortho nitro benzene ring substituents is 1. The van der Waals surface area contributed by atoms with Gasteiger partial charge in [0.1, 0.15) is 5.52 Å². The Hall–Kier alpha value is -2.58. The van der Waals surface area contributed by atoms with Gasteiger partial charge in [-0.2, -0.15) is 0 Å². The van der Waals surface area contributed by atoms with E-state index in [4.69, 9.17) is 16.0 Å². The Balaban J connectivity index is 1.62. The Morgan fingerprint density at radius 3 is 2.96 bits per heavy atom. The zero-order valence-electron chi connectivity index (χ0n) is 12.1. The van der Waals surface area contributed by atoms with Crippen molar-refractivity contribution < 1.29 is 14.1 Å². The number of amides is 1. The van der Waals surface area contributed by atoms with Gasteiger partial charge in [-0.05, 0) is 18.2 Å². The molecule has 0 aliphatic rings. The third-order valence-electron chi connectivity index (χ3n) is 3.00. The minimum Gasteiger partial charge on any atom is -0.431 e. The third-order valence-corrected chi connectivity index (χ3v) is 4.06. The number of nitro groups is 1. The molecular weight excluding hydrogens is 354 g/mol. The van der Waals surface area contributed by atoms with Gasteiger partial charge >= 0.3 is 0 Å². The van der Waals surface area contributed by atoms with Crippen molar-refractivity contribution in [3.8, 4) is 0 Å². The number of nitrogens with one attached hydrogen (secondary N) is 1. The summed E-state index contributed by atoms with van der Waals surface area (Å²) in [5.41, 5.74) is 1.47. The lowest BCUT2D eigenvalue weighted by molar-refractivity contribution is -0.384. The summed E-state index contributed by atoms with van der Waals surface area (Å²) in [6.07, 6.45) is 0. The molecule has 3 aromatic rings. The van der Waals surface area contributed by atoms with Crippen LogP contribution >= 0.6 is 23.4 Å². The van der Waals surface area contributed by atoms with Crippen LogP contribution in [0, 0.1) is 10.1 Å². The number of nitro benzene ring substituents is 1. The first-order valence-corrected chi connectivity index (χ1v) is 8.11. The summed E-state index contributed by atoms with van der Waals surface area (Å²) in [6, 6.07) is 10.8. The van der Waals surface area contributed by atoms with E-state index in [1.54, 1.807) is 24.3 Å². The number of rotatable bonds is 5. The maximum atomic E-state index is 11.9. The van der Waals surface area contributed by atoms with Crippen molar-refractivity contribution in [2.24, 2.45) is 0 Å². The standard InChI is InChI=1S/C15H10ClN3O4S/c16-9-4-5-12-13(6-9)23-15(18-12)24-8-14(20)17-10-2-1-3-11(7-10)19(21)22/h1-7H,8H2,(H,17,20). The fourth-order valence-electron chi connectivity index (χ4n) is 1.96. The van der Waals surface area contributed by atoms with Gasteiger partial charge < -0.3 is 9.73 Å². The fraction of sp³-hybridized carbons (Fsp3) is 0.0667. The van der Waals surface area contributed by atoms with E-state index in [1.807, 2.05) is 0 Å². The van der Waals surface area contributed by atoms with Crippen molar-refractivity contribution in [3.05, 3.63) is 57.6 Å². The lowest BCUT2D eigenvalue weighted by atomic mass is 10.3. The van der Waals surface area contributed by atoms with E-state index in [9.17, 15) is 14.9 Å². The molecule has 0 aliphatic heterocycles. The molecule has 1 heterocycles. The van der Waals surface area contributed by atoms with Crippen molar-refractivity contribution in [1.82, 2.24) is 4.98 Å². The summed E-state index contributed by atoms with van der Waals surface area (Å²) in [4.78, 5) is 26.4. The number of anilines is 1. The number of hydrogen-bond acceptors (Lipinski definition) is 6. The number of thioether (sulfide) groups is 1. The first kappa shape index (κ1) is 16.3. The smallest absolute Gasteiger partial charge is 0.271 e. The Kier molecular flexibility index (Phi) is 4.68. The second kappa shape index (κ2) is 6.90. The minimum absolute atomic E-state index is 0.0588. The number of oxazole rings is 1. The Bertz CT molecular complexity index is 928. The quantitative estimate of drug-likeness (QED) is 0.416. The van der Waals surface area contributed by atoms with Crippen LogP contribution in [0.25, 0.3) is 11.1 Å². The maximum Gasteiger partial charge on any atom is 0.271 e. The van der Waals surface area contributed by atoms with Crippen LogP contribution in [0.3, 0.4) is 0 Å². The second-order valence-electron chi connectivity index (χ2n) is 4.74. The van der Waals surface area contributed by atoms with Gasteiger partial charge in [-0.25, -0.2) is 4.98 Å². The molecule has 0 bridgehead atoms. The predicted molar refractivity (Wildman–Crippen MR) is 91.5 cm³/mol. The molecule has 122 valence electrons. The molecule has 0 unspecified atom stereocenters. The second-order valence-corrected chi connectivity index (χ2v) is 6.10. The highest BCUT2D eigenvalue weighted by molar-refractivity contribution is 7.99. The van der Waals surface area contributed by atoms with Crippen LogP contribution in [0.5, 0.6) is 0 Å². The zero-order chi connectivity index (χ0) is 17.1. The average molecular weight is 364 g/mol. The first-order valence-electron chi connectivity index (χ1n) is 6.74. The topological polar surface area (TPSA) is 98.3 Å². The molecule has 2 aromatic carbocycles. The number of carbonyl (C=O) groups is 1. The van der Waals surface area contributed by atoms with Crippen LogP contribution in [0.2, 0.25) is 5.02 Å². The van der Waals surface area contributed by atoms with Gasteiger partial charge in [-0.15, -0.1) is 0 Å². The number of hydrogen-bond donors (Lipinski definition) is 1. The van der Waals surface area contributed by atoms with E-state index in [0.29, 0.717) is 27.0 Å².